The fourth-order valence-electron chi connectivity index (χ4n) is 1.83. The highest BCUT2D eigenvalue weighted by Gasteiger charge is 2.12. The molecule has 19 heavy (non-hydrogen) atoms. The molecule has 0 aliphatic carbocycles. The van der Waals surface area contributed by atoms with Gasteiger partial charge in [0.1, 0.15) is 17.2 Å². The Morgan fingerprint density at radius 1 is 1.00 bits per heavy atom. The number of methoxy groups -OCH3 is 3. The fourth-order valence-corrected chi connectivity index (χ4v) is 1.83. The maximum Gasteiger partial charge on any atom is 0.130 e. The predicted molar refractivity (Wildman–Crippen MR) is 74.1 cm³/mol. The first-order chi connectivity index (χ1) is 9.26. The minimum absolute atomic E-state index is 0.233. The van der Waals surface area contributed by atoms with Crippen LogP contribution in [0.4, 0.5) is 0 Å². The number of aliphatic hydroxyl groups is 1. The molecule has 1 aromatic rings. The number of benzene rings is 1. The summed E-state index contributed by atoms with van der Waals surface area (Å²) in [6.45, 7) is 1.73. The highest BCUT2D eigenvalue weighted by molar-refractivity contribution is 5.50. The molecule has 0 bridgehead atoms. The molecule has 2 N–H and O–H groups in total. The van der Waals surface area contributed by atoms with Crippen LogP contribution in [0, 0.1) is 0 Å². The van der Waals surface area contributed by atoms with Crippen LogP contribution in [-0.4, -0.2) is 39.6 Å². The maximum atomic E-state index is 8.72. The summed E-state index contributed by atoms with van der Waals surface area (Å²) in [4.78, 5) is 0. The summed E-state index contributed by atoms with van der Waals surface area (Å²) in [5.41, 5.74) is 0.967. The van der Waals surface area contributed by atoms with E-state index >= 15 is 0 Å². The van der Waals surface area contributed by atoms with Crippen LogP contribution in [0.5, 0.6) is 17.2 Å². The molecule has 0 aromatic heterocycles. The van der Waals surface area contributed by atoms with Crippen LogP contribution in [0.1, 0.15) is 18.4 Å². The third-order valence-electron chi connectivity index (χ3n) is 2.88. The zero-order valence-corrected chi connectivity index (χ0v) is 11.9. The van der Waals surface area contributed by atoms with Crippen molar-refractivity contribution in [3.63, 3.8) is 0 Å². The Labute approximate surface area is 114 Å². The molecule has 5 nitrogen and oxygen atoms in total. The van der Waals surface area contributed by atoms with E-state index in [4.69, 9.17) is 19.3 Å². The van der Waals surface area contributed by atoms with Gasteiger partial charge in [-0.05, 0) is 19.4 Å². The molecule has 5 heteroatoms. The third-order valence-corrected chi connectivity index (χ3v) is 2.88. The second-order valence-electron chi connectivity index (χ2n) is 4.12. The lowest BCUT2D eigenvalue weighted by atomic mass is 10.1. The summed E-state index contributed by atoms with van der Waals surface area (Å²) >= 11 is 0. The molecule has 0 spiro atoms. The second-order valence-corrected chi connectivity index (χ2v) is 4.12. The summed E-state index contributed by atoms with van der Waals surface area (Å²) in [5.74, 6) is 2.19. The molecule has 0 amide bonds. The van der Waals surface area contributed by atoms with Crippen LogP contribution < -0.4 is 19.5 Å². The van der Waals surface area contributed by atoms with Gasteiger partial charge in [-0.25, -0.2) is 0 Å². The number of hydrogen-bond donors (Lipinski definition) is 2. The summed E-state index contributed by atoms with van der Waals surface area (Å²) in [6, 6.07) is 3.68. The van der Waals surface area contributed by atoms with Gasteiger partial charge in [0.15, 0.2) is 0 Å². The van der Waals surface area contributed by atoms with E-state index < -0.39 is 0 Å². The van der Waals surface area contributed by atoms with Gasteiger partial charge in [0.05, 0.1) is 26.9 Å². The van der Waals surface area contributed by atoms with E-state index in [0.717, 1.165) is 36.4 Å². The fraction of sp³-hybridized carbons (Fsp3) is 0.571. The van der Waals surface area contributed by atoms with E-state index in [1.807, 2.05) is 12.1 Å². The third kappa shape index (κ3) is 4.61. The first-order valence-electron chi connectivity index (χ1n) is 6.37. The van der Waals surface area contributed by atoms with Gasteiger partial charge in [0.25, 0.3) is 0 Å². The Hall–Kier alpha value is -1.46. The maximum absolute atomic E-state index is 8.72. The molecule has 1 aromatic carbocycles. The molecule has 0 saturated heterocycles. The van der Waals surface area contributed by atoms with Crippen LogP contribution in [0.25, 0.3) is 0 Å². The quantitative estimate of drug-likeness (QED) is 0.666. The van der Waals surface area contributed by atoms with Crippen LogP contribution >= 0.6 is 0 Å². The van der Waals surface area contributed by atoms with E-state index in [1.165, 1.54) is 0 Å². The van der Waals surface area contributed by atoms with Crippen molar-refractivity contribution in [2.24, 2.45) is 0 Å². The summed E-state index contributed by atoms with van der Waals surface area (Å²) in [5, 5.41) is 12.0. The van der Waals surface area contributed by atoms with Gasteiger partial charge in [0.2, 0.25) is 0 Å². The van der Waals surface area contributed by atoms with Crippen molar-refractivity contribution in [2.75, 3.05) is 34.5 Å². The van der Waals surface area contributed by atoms with Gasteiger partial charge >= 0.3 is 0 Å². The zero-order chi connectivity index (χ0) is 14.1. The lowest BCUT2D eigenvalue weighted by Gasteiger charge is -2.15. The smallest absolute Gasteiger partial charge is 0.130 e. The number of unbranched alkanes of at least 4 members (excludes halogenated alkanes) is 1. The molecule has 0 radical (unpaired) electrons. The molecule has 0 atom stereocenters. The number of rotatable bonds is 9. The largest absolute Gasteiger partial charge is 0.496 e. The number of ether oxygens (including phenoxy) is 3. The van der Waals surface area contributed by atoms with Crippen molar-refractivity contribution in [3.8, 4) is 17.2 Å². The van der Waals surface area contributed by atoms with Crippen molar-refractivity contribution < 1.29 is 19.3 Å². The van der Waals surface area contributed by atoms with Crippen molar-refractivity contribution in [1.82, 2.24) is 5.32 Å². The Morgan fingerprint density at radius 2 is 1.63 bits per heavy atom. The van der Waals surface area contributed by atoms with Gasteiger partial charge < -0.3 is 24.6 Å². The summed E-state index contributed by atoms with van der Waals surface area (Å²) in [7, 11) is 4.87. The SMILES string of the molecule is COc1cc(OC)c(CNCCCCO)c(OC)c1. The Morgan fingerprint density at radius 3 is 2.11 bits per heavy atom. The normalized spacial score (nSPS) is 10.3. The highest BCUT2D eigenvalue weighted by Crippen LogP contribution is 2.33. The van der Waals surface area contributed by atoms with Crippen LogP contribution in [0.3, 0.4) is 0 Å². The first-order valence-corrected chi connectivity index (χ1v) is 6.37. The van der Waals surface area contributed by atoms with Gasteiger partial charge in [0, 0.05) is 25.3 Å². The van der Waals surface area contributed by atoms with E-state index in [2.05, 4.69) is 5.32 Å². The average Bonchev–Trinajstić information content (AvgIpc) is 2.46. The van der Waals surface area contributed by atoms with Crippen molar-refractivity contribution in [3.05, 3.63) is 17.7 Å². The van der Waals surface area contributed by atoms with E-state index in [9.17, 15) is 0 Å². The molecule has 0 unspecified atom stereocenters. The molecule has 0 fully saturated rings. The van der Waals surface area contributed by atoms with Crippen molar-refractivity contribution in [2.45, 2.75) is 19.4 Å². The molecule has 108 valence electrons. The standard InChI is InChI=1S/C14H23NO4/c1-17-11-8-13(18-2)12(14(9-11)19-3)10-15-6-4-5-7-16/h8-9,15-16H,4-7,10H2,1-3H3. The van der Waals surface area contributed by atoms with Gasteiger partial charge in [-0.3, -0.25) is 0 Å². The van der Waals surface area contributed by atoms with Gasteiger partial charge in [-0.15, -0.1) is 0 Å². The topological polar surface area (TPSA) is 60.0 Å². The zero-order valence-electron chi connectivity index (χ0n) is 11.9. The first kappa shape index (κ1) is 15.6. The van der Waals surface area contributed by atoms with Crippen molar-refractivity contribution in [1.29, 1.82) is 0 Å². The summed E-state index contributed by atoms with van der Waals surface area (Å²) in [6.07, 6.45) is 1.75. The Bertz CT molecular complexity index is 357. The molecule has 0 aliphatic heterocycles. The monoisotopic (exact) mass is 269 g/mol. The Balaban J connectivity index is 2.73. The lowest BCUT2D eigenvalue weighted by molar-refractivity contribution is 0.283. The number of hydrogen-bond acceptors (Lipinski definition) is 5. The van der Waals surface area contributed by atoms with Crippen LogP contribution in [0.15, 0.2) is 12.1 Å². The molecule has 1 rings (SSSR count). The van der Waals surface area contributed by atoms with Crippen LogP contribution in [-0.2, 0) is 6.54 Å². The minimum atomic E-state index is 0.233. The molecule has 0 saturated carbocycles. The van der Waals surface area contributed by atoms with Gasteiger partial charge in [-0.2, -0.15) is 0 Å². The van der Waals surface area contributed by atoms with Crippen molar-refractivity contribution >= 4 is 0 Å². The van der Waals surface area contributed by atoms with E-state index in [1.54, 1.807) is 21.3 Å². The molecule has 0 heterocycles. The minimum Gasteiger partial charge on any atom is -0.496 e. The molecule has 0 aliphatic rings. The van der Waals surface area contributed by atoms with E-state index in [0.29, 0.717) is 12.3 Å². The molecular weight excluding hydrogens is 246 g/mol. The summed E-state index contributed by atoms with van der Waals surface area (Å²) < 4.78 is 15.9. The highest BCUT2D eigenvalue weighted by atomic mass is 16.5. The average molecular weight is 269 g/mol. The molecular formula is C14H23NO4. The Kier molecular flexibility index (Phi) is 7.07. The lowest BCUT2D eigenvalue weighted by Crippen LogP contribution is -2.16. The predicted octanol–water partition coefficient (Wildman–Crippen LogP) is 1.57. The number of aliphatic hydroxyl groups excluding tert-OH is 1. The van der Waals surface area contributed by atoms with Gasteiger partial charge in [-0.1, -0.05) is 0 Å². The van der Waals surface area contributed by atoms with Crippen LogP contribution in [0.2, 0.25) is 0 Å². The number of nitrogens with one attached hydrogen (secondary N) is 1. The second kappa shape index (κ2) is 8.61. The van der Waals surface area contributed by atoms with E-state index in [-0.39, 0.29) is 6.61 Å².